The third-order valence-electron chi connectivity index (χ3n) is 1.64. The van der Waals surface area contributed by atoms with Crippen molar-refractivity contribution in [3.8, 4) is 0 Å². The first-order valence-electron chi connectivity index (χ1n) is 3.65. The van der Waals surface area contributed by atoms with Crippen molar-refractivity contribution >= 4 is 0 Å². The molecule has 0 radical (unpaired) electrons. The van der Waals surface area contributed by atoms with Crippen LogP contribution in [0.2, 0.25) is 0 Å². The highest BCUT2D eigenvalue weighted by atomic mass is 19.3. The van der Waals surface area contributed by atoms with E-state index in [0.717, 1.165) is 6.07 Å². The van der Waals surface area contributed by atoms with Gasteiger partial charge in [-0.15, -0.1) is 0 Å². The molecule has 0 aliphatic heterocycles. The third-order valence-corrected chi connectivity index (χ3v) is 1.64. The molecule has 2 nitrogen and oxygen atoms in total. The summed E-state index contributed by atoms with van der Waals surface area (Å²) in [6, 6.07) is 3.63. The van der Waals surface area contributed by atoms with Gasteiger partial charge in [-0.2, -0.15) is 0 Å². The zero-order chi connectivity index (χ0) is 9.84. The molecule has 0 spiro atoms. The molecule has 1 unspecified atom stereocenters. The Morgan fingerprint density at radius 2 is 2.00 bits per heavy atom. The van der Waals surface area contributed by atoms with E-state index in [-0.39, 0.29) is 5.56 Å². The molecular formula is C8H9F3N2. The number of rotatable bonds is 3. The number of nitrogens with two attached hydrogens (primary N) is 1. The van der Waals surface area contributed by atoms with Crippen LogP contribution in [-0.2, 0) is 0 Å². The molecule has 0 saturated carbocycles. The second-order valence-corrected chi connectivity index (χ2v) is 2.53. The van der Waals surface area contributed by atoms with Gasteiger partial charge in [0.05, 0.1) is 0 Å². The molecule has 3 N–H and O–H groups in total. The van der Waals surface area contributed by atoms with E-state index in [4.69, 9.17) is 5.84 Å². The minimum absolute atomic E-state index is 0.137. The molecule has 0 aliphatic rings. The number of halogens is 3. The molecule has 1 rings (SSSR count). The van der Waals surface area contributed by atoms with E-state index in [9.17, 15) is 13.2 Å². The fraction of sp³-hybridized carbons (Fsp3) is 0.250. The van der Waals surface area contributed by atoms with Gasteiger partial charge in [0.15, 0.2) is 0 Å². The van der Waals surface area contributed by atoms with Gasteiger partial charge in [-0.3, -0.25) is 5.84 Å². The van der Waals surface area contributed by atoms with Crippen LogP contribution in [0.25, 0.3) is 0 Å². The molecule has 13 heavy (non-hydrogen) atoms. The van der Waals surface area contributed by atoms with Gasteiger partial charge in [0.25, 0.3) is 6.43 Å². The summed E-state index contributed by atoms with van der Waals surface area (Å²) in [4.78, 5) is 0. The molecule has 1 atom stereocenters. The lowest BCUT2D eigenvalue weighted by atomic mass is 10.1. The lowest BCUT2D eigenvalue weighted by Crippen LogP contribution is -2.32. The Hall–Kier alpha value is -1.07. The van der Waals surface area contributed by atoms with Gasteiger partial charge in [-0.25, -0.2) is 18.6 Å². The van der Waals surface area contributed by atoms with E-state index in [1.807, 2.05) is 5.43 Å². The maximum absolute atomic E-state index is 12.6. The van der Waals surface area contributed by atoms with E-state index in [0.29, 0.717) is 0 Å². The Morgan fingerprint density at radius 1 is 1.31 bits per heavy atom. The number of nitrogens with one attached hydrogen (secondary N) is 1. The average Bonchev–Trinajstić information content (AvgIpc) is 2.04. The summed E-state index contributed by atoms with van der Waals surface area (Å²) in [5, 5.41) is 0. The van der Waals surface area contributed by atoms with Crippen LogP contribution in [0.5, 0.6) is 0 Å². The van der Waals surface area contributed by atoms with Crippen LogP contribution in [0.4, 0.5) is 13.2 Å². The summed E-state index contributed by atoms with van der Waals surface area (Å²) in [7, 11) is 0. The molecule has 1 aromatic carbocycles. The summed E-state index contributed by atoms with van der Waals surface area (Å²) < 4.78 is 37.1. The predicted octanol–water partition coefficient (Wildman–Crippen LogP) is 1.60. The number of hydrogen-bond donors (Lipinski definition) is 2. The normalized spacial score (nSPS) is 13.3. The maximum atomic E-state index is 12.6. The van der Waals surface area contributed by atoms with Gasteiger partial charge >= 0.3 is 0 Å². The highest BCUT2D eigenvalue weighted by Crippen LogP contribution is 2.19. The predicted molar refractivity (Wildman–Crippen MR) is 42.5 cm³/mol. The first kappa shape index (κ1) is 10.0. The van der Waals surface area contributed by atoms with Crippen molar-refractivity contribution in [1.29, 1.82) is 0 Å². The SMILES string of the molecule is NNC(c1cccc(F)c1)C(F)F. The number of hydrogen-bond acceptors (Lipinski definition) is 2. The Kier molecular flexibility index (Phi) is 3.27. The maximum Gasteiger partial charge on any atom is 0.259 e. The minimum atomic E-state index is -2.66. The molecule has 0 amide bonds. The van der Waals surface area contributed by atoms with E-state index in [2.05, 4.69) is 0 Å². The van der Waals surface area contributed by atoms with Gasteiger partial charge in [-0.05, 0) is 17.7 Å². The number of benzene rings is 1. The first-order chi connectivity index (χ1) is 6.15. The quantitative estimate of drug-likeness (QED) is 0.561. The van der Waals surface area contributed by atoms with Crippen molar-refractivity contribution in [3.63, 3.8) is 0 Å². The lowest BCUT2D eigenvalue weighted by molar-refractivity contribution is 0.0985. The third kappa shape index (κ3) is 2.43. The van der Waals surface area contributed by atoms with Gasteiger partial charge in [0.2, 0.25) is 0 Å². The summed E-state index contributed by atoms with van der Waals surface area (Å²) in [6.07, 6.45) is -2.66. The van der Waals surface area contributed by atoms with E-state index < -0.39 is 18.3 Å². The fourth-order valence-electron chi connectivity index (χ4n) is 1.01. The molecule has 5 heteroatoms. The van der Waals surface area contributed by atoms with Crippen molar-refractivity contribution in [2.75, 3.05) is 0 Å². The van der Waals surface area contributed by atoms with Crippen LogP contribution in [0.15, 0.2) is 24.3 Å². The van der Waals surface area contributed by atoms with Gasteiger partial charge in [0.1, 0.15) is 11.9 Å². The average molecular weight is 190 g/mol. The fourth-order valence-corrected chi connectivity index (χ4v) is 1.01. The van der Waals surface area contributed by atoms with Crippen LogP contribution < -0.4 is 11.3 Å². The van der Waals surface area contributed by atoms with Crippen molar-refractivity contribution in [2.45, 2.75) is 12.5 Å². The van der Waals surface area contributed by atoms with Crippen molar-refractivity contribution in [1.82, 2.24) is 5.43 Å². The van der Waals surface area contributed by atoms with E-state index in [1.54, 1.807) is 0 Å². The Balaban J connectivity index is 2.91. The molecule has 0 bridgehead atoms. The Bertz CT molecular complexity index is 278. The topological polar surface area (TPSA) is 38.0 Å². The summed E-state index contributed by atoms with van der Waals surface area (Å²) >= 11 is 0. The molecule has 72 valence electrons. The monoisotopic (exact) mass is 190 g/mol. The van der Waals surface area contributed by atoms with Crippen LogP contribution in [-0.4, -0.2) is 6.43 Å². The van der Waals surface area contributed by atoms with Gasteiger partial charge in [-0.1, -0.05) is 12.1 Å². The van der Waals surface area contributed by atoms with Crippen LogP contribution >= 0.6 is 0 Å². The summed E-state index contributed by atoms with van der Waals surface area (Å²) in [5.74, 6) is 4.35. The molecular weight excluding hydrogens is 181 g/mol. The van der Waals surface area contributed by atoms with E-state index in [1.165, 1.54) is 18.2 Å². The molecule has 0 saturated heterocycles. The highest BCUT2D eigenvalue weighted by Gasteiger charge is 2.20. The van der Waals surface area contributed by atoms with Crippen molar-refractivity contribution in [2.24, 2.45) is 5.84 Å². The Labute approximate surface area is 73.5 Å². The van der Waals surface area contributed by atoms with Crippen LogP contribution in [0.1, 0.15) is 11.6 Å². The smallest absolute Gasteiger partial charge is 0.259 e. The van der Waals surface area contributed by atoms with Crippen molar-refractivity contribution in [3.05, 3.63) is 35.6 Å². The highest BCUT2D eigenvalue weighted by molar-refractivity contribution is 5.20. The molecule has 0 heterocycles. The largest absolute Gasteiger partial charge is 0.271 e. The molecule has 0 aromatic heterocycles. The zero-order valence-electron chi connectivity index (χ0n) is 6.68. The second-order valence-electron chi connectivity index (χ2n) is 2.53. The molecule has 0 fully saturated rings. The zero-order valence-corrected chi connectivity index (χ0v) is 6.68. The van der Waals surface area contributed by atoms with Crippen molar-refractivity contribution < 1.29 is 13.2 Å². The minimum Gasteiger partial charge on any atom is -0.271 e. The number of hydrazine groups is 1. The Morgan fingerprint density at radius 3 is 2.46 bits per heavy atom. The van der Waals surface area contributed by atoms with E-state index >= 15 is 0 Å². The standard InChI is InChI=1S/C8H9F3N2/c9-6-3-1-2-5(4-6)7(13-12)8(10)11/h1-4,7-8,13H,12H2. The second kappa shape index (κ2) is 4.25. The van der Waals surface area contributed by atoms with Crippen LogP contribution in [0.3, 0.4) is 0 Å². The van der Waals surface area contributed by atoms with Gasteiger partial charge < -0.3 is 0 Å². The molecule has 1 aromatic rings. The summed E-state index contributed by atoms with van der Waals surface area (Å²) in [5.41, 5.74) is 2.06. The van der Waals surface area contributed by atoms with Crippen LogP contribution in [0, 0.1) is 5.82 Å². The molecule has 0 aliphatic carbocycles. The number of alkyl halides is 2. The summed E-state index contributed by atoms with van der Waals surface area (Å²) in [6.45, 7) is 0. The first-order valence-corrected chi connectivity index (χ1v) is 3.65. The lowest BCUT2D eigenvalue weighted by Gasteiger charge is -2.14. The van der Waals surface area contributed by atoms with Gasteiger partial charge in [0, 0.05) is 0 Å².